The molecule has 1 aromatic rings. The summed E-state index contributed by atoms with van der Waals surface area (Å²) in [7, 11) is 2.63. The normalized spacial score (nSPS) is 17.1. The fourth-order valence-electron chi connectivity index (χ4n) is 1.74. The van der Waals surface area contributed by atoms with Crippen LogP contribution in [0.5, 0.6) is 5.75 Å². The van der Waals surface area contributed by atoms with Crippen molar-refractivity contribution in [1.82, 2.24) is 5.32 Å². The molecule has 1 amide bonds. The second-order valence-corrected chi connectivity index (χ2v) is 5.53. The summed E-state index contributed by atoms with van der Waals surface area (Å²) in [5, 5.41) is 19.4. The van der Waals surface area contributed by atoms with Gasteiger partial charge in [0.15, 0.2) is 5.17 Å². The summed E-state index contributed by atoms with van der Waals surface area (Å²) in [5.74, 6) is -1.90. The second-order valence-electron chi connectivity index (χ2n) is 4.50. The van der Waals surface area contributed by atoms with Crippen molar-refractivity contribution in [1.29, 1.82) is 0 Å². The third-order valence-electron chi connectivity index (χ3n) is 2.94. The lowest BCUT2D eigenvalue weighted by Gasteiger charge is -2.03. The zero-order valence-corrected chi connectivity index (χ0v) is 14.0. The molecule has 1 aromatic carbocycles. The Morgan fingerprint density at radius 3 is 2.72 bits per heavy atom. The van der Waals surface area contributed by atoms with E-state index in [-0.39, 0.29) is 15.6 Å². The molecule has 1 aliphatic rings. The van der Waals surface area contributed by atoms with E-state index >= 15 is 0 Å². The highest BCUT2D eigenvalue weighted by atomic mass is 32.2. The number of nitrogens with one attached hydrogen (secondary N) is 1. The molecule has 0 atom stereocenters. The summed E-state index contributed by atoms with van der Waals surface area (Å²) in [6.45, 7) is 0. The van der Waals surface area contributed by atoms with E-state index in [1.54, 1.807) is 6.07 Å². The van der Waals surface area contributed by atoms with Crippen LogP contribution in [-0.4, -0.2) is 48.6 Å². The summed E-state index contributed by atoms with van der Waals surface area (Å²) < 4.78 is 9.43. The standard InChI is InChI=1S/C15H13N3O6S/c1-23-9-4-3-8(10(5-9)14(21)22)7-16-18-15-17-13(20)11(25-15)6-12(19)24-2/h3-7H,1-2H3,(H,21,22)(H,17,18,20)/b11-6+,16-7?. The van der Waals surface area contributed by atoms with Gasteiger partial charge in [0.05, 0.1) is 30.9 Å². The Balaban J connectivity index is 2.17. The van der Waals surface area contributed by atoms with Crippen molar-refractivity contribution in [2.45, 2.75) is 0 Å². The first kappa shape index (κ1) is 18.2. The van der Waals surface area contributed by atoms with Gasteiger partial charge >= 0.3 is 11.9 Å². The number of aromatic carboxylic acids is 1. The van der Waals surface area contributed by atoms with Crippen LogP contribution in [0, 0.1) is 0 Å². The smallest absolute Gasteiger partial charge is 0.336 e. The Labute approximate surface area is 146 Å². The van der Waals surface area contributed by atoms with Crippen LogP contribution in [0.2, 0.25) is 0 Å². The highest BCUT2D eigenvalue weighted by Gasteiger charge is 2.25. The van der Waals surface area contributed by atoms with Gasteiger partial charge in [-0.2, -0.15) is 5.10 Å². The molecule has 2 rings (SSSR count). The molecule has 1 saturated heterocycles. The van der Waals surface area contributed by atoms with Crippen molar-refractivity contribution in [3.8, 4) is 5.75 Å². The van der Waals surface area contributed by atoms with Gasteiger partial charge in [0.1, 0.15) is 5.75 Å². The van der Waals surface area contributed by atoms with E-state index in [2.05, 4.69) is 20.3 Å². The zero-order valence-electron chi connectivity index (χ0n) is 13.2. The van der Waals surface area contributed by atoms with E-state index in [4.69, 9.17) is 4.74 Å². The van der Waals surface area contributed by atoms with E-state index < -0.39 is 17.8 Å². The minimum Gasteiger partial charge on any atom is -0.497 e. The third kappa shape index (κ3) is 4.67. The van der Waals surface area contributed by atoms with Crippen molar-refractivity contribution in [3.05, 3.63) is 40.3 Å². The third-order valence-corrected chi connectivity index (χ3v) is 3.84. The van der Waals surface area contributed by atoms with Gasteiger partial charge in [0.25, 0.3) is 5.91 Å². The monoisotopic (exact) mass is 363 g/mol. The average Bonchev–Trinajstić information content (AvgIpc) is 2.94. The number of rotatable bonds is 5. The summed E-state index contributed by atoms with van der Waals surface area (Å²) in [6.07, 6.45) is 2.28. The Bertz CT molecular complexity index is 815. The van der Waals surface area contributed by atoms with Crippen LogP contribution in [-0.2, 0) is 14.3 Å². The van der Waals surface area contributed by atoms with E-state index in [1.807, 2.05) is 0 Å². The first-order valence-electron chi connectivity index (χ1n) is 6.75. The van der Waals surface area contributed by atoms with Crippen molar-refractivity contribution >= 4 is 41.0 Å². The second kappa shape index (κ2) is 8.11. The van der Waals surface area contributed by atoms with E-state index in [0.717, 1.165) is 17.8 Å². The first-order chi connectivity index (χ1) is 11.9. The number of hydrogen-bond acceptors (Lipinski definition) is 8. The van der Waals surface area contributed by atoms with Crippen LogP contribution in [0.15, 0.2) is 39.4 Å². The Kier molecular flexibility index (Phi) is 5.90. The number of nitrogens with zero attached hydrogens (tertiary/aromatic N) is 2. The molecule has 0 spiro atoms. The molecule has 9 nitrogen and oxygen atoms in total. The van der Waals surface area contributed by atoms with E-state index in [0.29, 0.717) is 11.3 Å². The first-order valence-corrected chi connectivity index (χ1v) is 7.57. The van der Waals surface area contributed by atoms with Crippen LogP contribution in [0.3, 0.4) is 0 Å². The van der Waals surface area contributed by atoms with Crippen LogP contribution in [0.4, 0.5) is 0 Å². The highest BCUT2D eigenvalue weighted by Crippen LogP contribution is 2.23. The quantitative estimate of drug-likeness (QED) is 0.346. The average molecular weight is 363 g/mol. The van der Waals surface area contributed by atoms with Crippen LogP contribution >= 0.6 is 11.8 Å². The minimum absolute atomic E-state index is 0.00214. The molecule has 1 fully saturated rings. The molecule has 0 aromatic heterocycles. The Hall–Kier alpha value is -3.14. The predicted octanol–water partition coefficient (Wildman–Crippen LogP) is 1.00. The molecule has 25 heavy (non-hydrogen) atoms. The molecule has 2 N–H and O–H groups in total. The molecule has 0 aliphatic carbocycles. The fraction of sp³-hybridized carbons (Fsp3) is 0.133. The van der Waals surface area contributed by atoms with Crippen LogP contribution in [0.25, 0.3) is 0 Å². The van der Waals surface area contributed by atoms with Crippen molar-refractivity contribution in [2.24, 2.45) is 10.2 Å². The number of carbonyl (C=O) groups excluding carboxylic acids is 2. The van der Waals surface area contributed by atoms with Gasteiger partial charge in [0.2, 0.25) is 0 Å². The molecular formula is C15H13N3O6S. The van der Waals surface area contributed by atoms with Gasteiger partial charge in [-0.3, -0.25) is 10.1 Å². The maximum atomic E-state index is 11.7. The minimum atomic E-state index is -1.14. The highest BCUT2D eigenvalue weighted by molar-refractivity contribution is 8.18. The number of thioether (sulfide) groups is 1. The predicted molar refractivity (Wildman–Crippen MR) is 90.8 cm³/mol. The van der Waals surface area contributed by atoms with Crippen molar-refractivity contribution in [2.75, 3.05) is 14.2 Å². The maximum absolute atomic E-state index is 11.7. The lowest BCUT2D eigenvalue weighted by molar-refractivity contribution is -0.135. The lowest BCUT2D eigenvalue weighted by Crippen LogP contribution is -2.19. The van der Waals surface area contributed by atoms with Gasteiger partial charge in [0, 0.05) is 11.6 Å². The van der Waals surface area contributed by atoms with Crippen LogP contribution in [0.1, 0.15) is 15.9 Å². The maximum Gasteiger partial charge on any atom is 0.336 e. The number of carboxylic acids is 1. The van der Waals surface area contributed by atoms with Crippen LogP contribution < -0.4 is 10.1 Å². The molecule has 0 radical (unpaired) electrons. The summed E-state index contributed by atoms with van der Waals surface area (Å²) in [4.78, 5) is 34.2. The molecule has 1 heterocycles. The van der Waals surface area contributed by atoms with Gasteiger partial charge < -0.3 is 14.6 Å². The van der Waals surface area contributed by atoms with E-state index in [9.17, 15) is 19.5 Å². The van der Waals surface area contributed by atoms with Crippen molar-refractivity contribution < 1.29 is 29.0 Å². The fourth-order valence-corrected chi connectivity index (χ4v) is 2.48. The summed E-state index contributed by atoms with van der Waals surface area (Å²) in [5.41, 5.74) is 0.315. The summed E-state index contributed by atoms with van der Waals surface area (Å²) >= 11 is 0.914. The number of hydrogen-bond donors (Lipinski definition) is 2. The van der Waals surface area contributed by atoms with Gasteiger partial charge in [-0.1, -0.05) is 0 Å². The van der Waals surface area contributed by atoms with Crippen molar-refractivity contribution in [3.63, 3.8) is 0 Å². The number of amidine groups is 1. The molecule has 0 bridgehead atoms. The number of esters is 1. The lowest BCUT2D eigenvalue weighted by atomic mass is 10.1. The van der Waals surface area contributed by atoms with Gasteiger partial charge in [-0.15, -0.1) is 5.10 Å². The molecule has 0 saturated carbocycles. The molecule has 10 heteroatoms. The number of benzene rings is 1. The SMILES string of the molecule is COC(=O)/C=C1/S/C(=N\N=Cc2ccc(OC)cc2C(=O)O)NC1=O. The number of amides is 1. The number of carboxylic acid groups (broad SMARTS) is 1. The molecular weight excluding hydrogens is 350 g/mol. The largest absolute Gasteiger partial charge is 0.497 e. The number of carbonyl (C=O) groups is 3. The van der Waals surface area contributed by atoms with Gasteiger partial charge in [-0.05, 0) is 30.0 Å². The molecule has 130 valence electrons. The topological polar surface area (TPSA) is 127 Å². The number of ether oxygens (including phenoxy) is 2. The number of methoxy groups -OCH3 is 2. The van der Waals surface area contributed by atoms with E-state index in [1.165, 1.54) is 32.6 Å². The molecule has 1 aliphatic heterocycles. The van der Waals surface area contributed by atoms with Gasteiger partial charge in [-0.25, -0.2) is 9.59 Å². The Morgan fingerprint density at radius 2 is 2.08 bits per heavy atom. The molecule has 0 unspecified atom stereocenters. The zero-order chi connectivity index (χ0) is 18.4. The Morgan fingerprint density at radius 1 is 1.32 bits per heavy atom. The summed E-state index contributed by atoms with van der Waals surface area (Å²) in [6, 6.07) is 4.47.